The van der Waals surface area contributed by atoms with Crippen LogP contribution >= 0.6 is 12.4 Å². The highest BCUT2D eigenvalue weighted by molar-refractivity contribution is 5.85. The number of hydrogen-bond acceptors (Lipinski definition) is 2. The summed E-state index contributed by atoms with van der Waals surface area (Å²) in [7, 11) is 0. The summed E-state index contributed by atoms with van der Waals surface area (Å²) in [6, 6.07) is 14.7. The molecule has 1 N–H and O–H groups in total. The lowest BCUT2D eigenvalue weighted by Crippen LogP contribution is -2.41. The van der Waals surface area contributed by atoms with E-state index in [2.05, 4.69) is 46.0 Å². The molecule has 0 aliphatic rings. The first-order valence-electron chi connectivity index (χ1n) is 8.85. The van der Waals surface area contributed by atoms with Gasteiger partial charge < -0.3 is 10.1 Å². The SMILES string of the molecule is CC(C)(C)CC(C)(C)NCc1cccc(OCc2ccccc2F)c1.Cl. The van der Waals surface area contributed by atoms with Gasteiger partial charge in [-0.05, 0) is 49.4 Å². The highest BCUT2D eigenvalue weighted by atomic mass is 35.5. The van der Waals surface area contributed by atoms with Gasteiger partial charge in [0, 0.05) is 17.6 Å². The van der Waals surface area contributed by atoms with Crippen molar-refractivity contribution in [2.45, 2.75) is 59.7 Å². The van der Waals surface area contributed by atoms with Crippen molar-refractivity contribution >= 4 is 12.4 Å². The third kappa shape index (κ3) is 7.76. The third-order valence-electron chi connectivity index (χ3n) is 3.99. The predicted octanol–water partition coefficient (Wildman–Crippen LogP) is 6.13. The fourth-order valence-corrected chi connectivity index (χ4v) is 3.25. The van der Waals surface area contributed by atoms with E-state index in [4.69, 9.17) is 4.74 Å². The molecule has 0 unspecified atom stereocenters. The second kappa shape index (κ2) is 9.38. The summed E-state index contributed by atoms with van der Waals surface area (Å²) in [6.07, 6.45) is 1.09. The van der Waals surface area contributed by atoms with Crippen LogP contribution in [0.15, 0.2) is 48.5 Å². The van der Waals surface area contributed by atoms with Gasteiger partial charge in [0.2, 0.25) is 0 Å². The molecule has 0 aliphatic heterocycles. The molecule has 0 aromatic heterocycles. The van der Waals surface area contributed by atoms with Gasteiger partial charge in [0.25, 0.3) is 0 Å². The average Bonchev–Trinajstić information content (AvgIpc) is 2.51. The summed E-state index contributed by atoms with van der Waals surface area (Å²) in [6.45, 7) is 12.3. The fourth-order valence-electron chi connectivity index (χ4n) is 3.25. The molecule has 0 saturated heterocycles. The zero-order chi connectivity index (χ0) is 18.5. The van der Waals surface area contributed by atoms with Crippen LogP contribution in [0.3, 0.4) is 0 Å². The van der Waals surface area contributed by atoms with Gasteiger partial charge in [-0.15, -0.1) is 12.4 Å². The monoisotopic (exact) mass is 379 g/mol. The van der Waals surface area contributed by atoms with Crippen molar-refractivity contribution < 1.29 is 9.13 Å². The molecule has 2 nitrogen and oxygen atoms in total. The highest BCUT2D eigenvalue weighted by Crippen LogP contribution is 2.27. The molecular weight excluding hydrogens is 349 g/mol. The maximum Gasteiger partial charge on any atom is 0.129 e. The zero-order valence-corrected chi connectivity index (χ0v) is 17.3. The van der Waals surface area contributed by atoms with Crippen molar-refractivity contribution in [2.75, 3.05) is 0 Å². The maximum atomic E-state index is 13.7. The van der Waals surface area contributed by atoms with Gasteiger partial charge in [-0.3, -0.25) is 0 Å². The Kier molecular flexibility index (Phi) is 8.11. The topological polar surface area (TPSA) is 21.3 Å². The number of hydrogen-bond donors (Lipinski definition) is 1. The largest absolute Gasteiger partial charge is 0.489 e. The van der Waals surface area contributed by atoms with Crippen molar-refractivity contribution in [1.29, 1.82) is 0 Å². The molecular formula is C22H31ClFNO. The minimum absolute atomic E-state index is 0. The first kappa shape index (κ1) is 22.5. The summed E-state index contributed by atoms with van der Waals surface area (Å²) >= 11 is 0. The van der Waals surface area contributed by atoms with E-state index in [0.717, 1.165) is 24.3 Å². The summed E-state index contributed by atoms with van der Waals surface area (Å²) in [5.74, 6) is 0.528. The zero-order valence-electron chi connectivity index (χ0n) is 16.4. The maximum absolute atomic E-state index is 13.7. The van der Waals surface area contributed by atoms with Crippen molar-refractivity contribution in [2.24, 2.45) is 5.41 Å². The van der Waals surface area contributed by atoms with E-state index < -0.39 is 0 Å². The van der Waals surface area contributed by atoms with Crippen LogP contribution in [0.5, 0.6) is 5.75 Å². The lowest BCUT2D eigenvalue weighted by atomic mass is 9.82. The molecule has 144 valence electrons. The van der Waals surface area contributed by atoms with Crippen LogP contribution in [0.4, 0.5) is 4.39 Å². The van der Waals surface area contributed by atoms with Gasteiger partial charge in [0.1, 0.15) is 18.2 Å². The van der Waals surface area contributed by atoms with Crippen LogP contribution in [0.1, 0.15) is 52.2 Å². The van der Waals surface area contributed by atoms with Crippen LogP contribution in [0.2, 0.25) is 0 Å². The Balaban J connectivity index is 0.00000338. The molecule has 2 aromatic rings. The van der Waals surface area contributed by atoms with Gasteiger partial charge >= 0.3 is 0 Å². The molecule has 26 heavy (non-hydrogen) atoms. The predicted molar refractivity (Wildman–Crippen MR) is 109 cm³/mol. The van der Waals surface area contributed by atoms with E-state index in [0.29, 0.717) is 5.56 Å². The lowest BCUT2D eigenvalue weighted by Gasteiger charge is -2.33. The second-order valence-corrected chi connectivity index (χ2v) is 8.50. The minimum Gasteiger partial charge on any atom is -0.489 e. The Labute approximate surface area is 163 Å². The number of halogens is 2. The molecule has 0 spiro atoms. The Hall–Kier alpha value is -1.58. The van der Waals surface area contributed by atoms with Gasteiger partial charge in [-0.25, -0.2) is 4.39 Å². The van der Waals surface area contributed by atoms with Crippen LogP contribution in [0.25, 0.3) is 0 Å². The summed E-state index contributed by atoms with van der Waals surface area (Å²) in [4.78, 5) is 0. The molecule has 0 bridgehead atoms. The molecule has 0 saturated carbocycles. The normalized spacial score (nSPS) is 11.8. The summed E-state index contributed by atoms with van der Waals surface area (Å²) < 4.78 is 19.4. The van der Waals surface area contributed by atoms with Crippen LogP contribution in [-0.2, 0) is 13.2 Å². The first-order valence-corrected chi connectivity index (χ1v) is 8.85. The first-order chi connectivity index (χ1) is 11.6. The second-order valence-electron chi connectivity index (χ2n) is 8.50. The Morgan fingerprint density at radius 2 is 1.65 bits per heavy atom. The highest BCUT2D eigenvalue weighted by Gasteiger charge is 2.24. The average molecular weight is 380 g/mol. The van der Waals surface area contributed by atoms with Gasteiger partial charge in [0.15, 0.2) is 0 Å². The number of rotatable bonds is 7. The van der Waals surface area contributed by atoms with Gasteiger partial charge in [0.05, 0.1) is 0 Å². The fraction of sp³-hybridized carbons (Fsp3) is 0.455. The Bertz CT molecular complexity index is 695. The third-order valence-corrected chi connectivity index (χ3v) is 3.99. The number of benzene rings is 2. The van der Waals surface area contributed by atoms with E-state index in [1.54, 1.807) is 12.1 Å². The number of ether oxygens (including phenoxy) is 1. The van der Waals surface area contributed by atoms with Crippen LogP contribution < -0.4 is 10.1 Å². The molecule has 0 radical (unpaired) electrons. The smallest absolute Gasteiger partial charge is 0.129 e. The molecule has 0 atom stereocenters. The Morgan fingerprint density at radius 1 is 0.962 bits per heavy atom. The molecule has 2 aromatic carbocycles. The van der Waals surface area contributed by atoms with Crippen molar-refractivity contribution in [3.63, 3.8) is 0 Å². The van der Waals surface area contributed by atoms with E-state index in [1.165, 1.54) is 6.07 Å². The van der Waals surface area contributed by atoms with Crippen LogP contribution in [0, 0.1) is 11.2 Å². The molecule has 0 heterocycles. The van der Waals surface area contributed by atoms with Gasteiger partial charge in [-0.2, -0.15) is 0 Å². The van der Waals surface area contributed by atoms with E-state index in [9.17, 15) is 4.39 Å². The quantitative estimate of drug-likeness (QED) is 0.624. The molecule has 0 aliphatic carbocycles. The lowest BCUT2D eigenvalue weighted by molar-refractivity contribution is 0.240. The summed E-state index contributed by atoms with van der Waals surface area (Å²) in [5.41, 5.74) is 2.06. The summed E-state index contributed by atoms with van der Waals surface area (Å²) in [5, 5.41) is 3.63. The van der Waals surface area contributed by atoms with Crippen molar-refractivity contribution in [3.05, 3.63) is 65.5 Å². The van der Waals surface area contributed by atoms with Crippen molar-refractivity contribution in [1.82, 2.24) is 5.32 Å². The van der Waals surface area contributed by atoms with Gasteiger partial charge in [-0.1, -0.05) is 51.1 Å². The Morgan fingerprint density at radius 3 is 2.31 bits per heavy atom. The van der Waals surface area contributed by atoms with E-state index >= 15 is 0 Å². The number of nitrogens with one attached hydrogen (secondary N) is 1. The standard InChI is InChI=1S/C22H30FNO.ClH/c1-21(2,3)16-22(4,5)24-14-17-9-8-11-19(13-17)25-15-18-10-6-7-12-20(18)23;/h6-13,24H,14-16H2,1-5H3;1H. The van der Waals surface area contributed by atoms with Crippen molar-refractivity contribution in [3.8, 4) is 5.75 Å². The van der Waals surface area contributed by atoms with E-state index in [1.807, 2.05) is 24.3 Å². The van der Waals surface area contributed by atoms with Crippen LogP contribution in [-0.4, -0.2) is 5.54 Å². The molecule has 2 rings (SSSR count). The van der Waals surface area contributed by atoms with E-state index in [-0.39, 0.29) is 35.8 Å². The molecule has 0 fully saturated rings. The molecule has 4 heteroatoms. The molecule has 0 amide bonds. The minimum atomic E-state index is -0.232.